The third-order valence-corrected chi connectivity index (χ3v) is 8.72. The van der Waals surface area contributed by atoms with Gasteiger partial charge in [-0.15, -0.1) is 0 Å². The van der Waals surface area contributed by atoms with Crippen LogP contribution >= 0.6 is 22.9 Å². The molecule has 1 aliphatic rings. The minimum atomic E-state index is -0.905. The average molecular weight is 707 g/mol. The van der Waals surface area contributed by atoms with E-state index in [1.54, 1.807) is 70.4 Å². The van der Waals surface area contributed by atoms with Gasteiger partial charge in [-0.25, -0.2) is 14.6 Å². The molecular formula is C36H35ClN2O9S. The van der Waals surface area contributed by atoms with Crippen molar-refractivity contribution in [2.45, 2.75) is 33.4 Å². The third-order valence-electron chi connectivity index (χ3n) is 7.49. The number of aromatic nitrogens is 1. The van der Waals surface area contributed by atoms with E-state index in [1.165, 1.54) is 23.0 Å². The van der Waals surface area contributed by atoms with Crippen molar-refractivity contribution in [2.75, 3.05) is 34.0 Å². The standard InChI is InChI=1S/C36H35ClN2O9S/c1-6-45-28-17-23(13-16-26(28)47-20-30(40)44-5)32-31(35(42)46-7-2)21(3)38-36-39(32)34(41)29(49-36)18-24-9-8-10-27(43-4)33(24)48-19-22-11-14-25(37)15-12-22/h8-18,32H,6-7,19-20H2,1-5H3/b29-18+/t32-/m1/s1. The molecule has 5 rings (SSSR count). The first-order valence-corrected chi connectivity index (χ1v) is 16.6. The van der Waals surface area contributed by atoms with E-state index in [-0.39, 0.29) is 31.0 Å². The number of esters is 2. The summed E-state index contributed by atoms with van der Waals surface area (Å²) in [6.07, 6.45) is 1.72. The first-order chi connectivity index (χ1) is 23.7. The molecule has 0 aliphatic carbocycles. The highest BCUT2D eigenvalue weighted by Gasteiger charge is 2.34. The molecule has 0 N–H and O–H groups in total. The van der Waals surface area contributed by atoms with E-state index in [1.807, 2.05) is 24.3 Å². The summed E-state index contributed by atoms with van der Waals surface area (Å²) in [4.78, 5) is 44.5. The van der Waals surface area contributed by atoms with Crippen LogP contribution < -0.4 is 33.8 Å². The monoisotopic (exact) mass is 706 g/mol. The SMILES string of the molecule is CCOC(=O)C1=C(C)N=c2s/c(=C/c3cccc(OC)c3OCc3ccc(Cl)cc3)c(=O)n2[C@@H]1c1ccc(OCC(=O)OC)c(OCC)c1. The summed E-state index contributed by atoms with van der Waals surface area (Å²) in [5.41, 5.74) is 2.30. The molecule has 3 aromatic carbocycles. The van der Waals surface area contributed by atoms with E-state index in [2.05, 4.69) is 9.73 Å². The van der Waals surface area contributed by atoms with Gasteiger partial charge >= 0.3 is 11.9 Å². The van der Waals surface area contributed by atoms with Gasteiger partial charge in [-0.2, -0.15) is 0 Å². The molecule has 1 atom stereocenters. The van der Waals surface area contributed by atoms with Gasteiger partial charge in [0.05, 0.1) is 49.3 Å². The molecule has 4 aromatic rings. The lowest BCUT2D eigenvalue weighted by Gasteiger charge is -2.25. The van der Waals surface area contributed by atoms with Gasteiger partial charge in [-0.3, -0.25) is 9.36 Å². The number of benzene rings is 3. The number of hydrogen-bond donors (Lipinski definition) is 0. The number of halogens is 1. The van der Waals surface area contributed by atoms with Gasteiger partial charge in [0, 0.05) is 10.6 Å². The Bertz CT molecular complexity index is 2070. The number of thiazole rings is 1. The highest BCUT2D eigenvalue weighted by atomic mass is 35.5. The van der Waals surface area contributed by atoms with Crippen molar-refractivity contribution in [3.05, 3.63) is 113 Å². The molecule has 256 valence electrons. The smallest absolute Gasteiger partial charge is 0.343 e. The molecule has 0 amide bonds. The van der Waals surface area contributed by atoms with Crippen LogP contribution in [0, 0.1) is 0 Å². The Morgan fingerprint density at radius 2 is 1.73 bits per heavy atom. The first kappa shape index (κ1) is 35.2. The summed E-state index contributed by atoms with van der Waals surface area (Å²) in [6.45, 7) is 5.56. The van der Waals surface area contributed by atoms with Gasteiger partial charge in [0.15, 0.2) is 34.4 Å². The number of allylic oxidation sites excluding steroid dienone is 1. The molecule has 0 unspecified atom stereocenters. The number of para-hydroxylation sites is 1. The lowest BCUT2D eigenvalue weighted by molar-refractivity contribution is -0.143. The van der Waals surface area contributed by atoms with E-state index >= 15 is 0 Å². The van der Waals surface area contributed by atoms with Crippen LogP contribution in [0.3, 0.4) is 0 Å². The Balaban J connectivity index is 1.63. The minimum Gasteiger partial charge on any atom is -0.493 e. The number of fused-ring (bicyclic) bond motifs is 1. The number of rotatable bonds is 13. The van der Waals surface area contributed by atoms with E-state index in [9.17, 15) is 14.4 Å². The number of carbonyl (C=O) groups excluding carboxylic acids is 2. The lowest BCUT2D eigenvalue weighted by atomic mass is 9.95. The van der Waals surface area contributed by atoms with Crippen molar-refractivity contribution in [1.29, 1.82) is 0 Å². The van der Waals surface area contributed by atoms with Gasteiger partial charge < -0.3 is 28.4 Å². The lowest BCUT2D eigenvalue weighted by Crippen LogP contribution is -2.40. The Labute approximate surface area is 291 Å². The van der Waals surface area contributed by atoms with Gasteiger partial charge in [0.1, 0.15) is 6.61 Å². The van der Waals surface area contributed by atoms with Crippen molar-refractivity contribution in [1.82, 2.24) is 4.57 Å². The molecule has 0 radical (unpaired) electrons. The van der Waals surface area contributed by atoms with Gasteiger partial charge in [0.2, 0.25) is 0 Å². The summed E-state index contributed by atoms with van der Waals surface area (Å²) in [7, 11) is 2.81. The van der Waals surface area contributed by atoms with Crippen LogP contribution in [0.25, 0.3) is 6.08 Å². The van der Waals surface area contributed by atoms with E-state index in [4.69, 9.17) is 35.3 Å². The Hall–Kier alpha value is -5.07. The van der Waals surface area contributed by atoms with Crippen molar-refractivity contribution in [3.8, 4) is 23.0 Å². The number of hydrogen-bond acceptors (Lipinski definition) is 11. The van der Waals surface area contributed by atoms with Crippen molar-refractivity contribution in [3.63, 3.8) is 0 Å². The summed E-state index contributed by atoms with van der Waals surface area (Å²) in [6, 6.07) is 16.8. The third kappa shape index (κ3) is 7.82. The van der Waals surface area contributed by atoms with E-state index in [0.717, 1.165) is 5.56 Å². The summed E-state index contributed by atoms with van der Waals surface area (Å²) < 4.78 is 35.3. The largest absolute Gasteiger partial charge is 0.493 e. The van der Waals surface area contributed by atoms with Crippen LogP contribution in [0.1, 0.15) is 43.5 Å². The second kappa shape index (κ2) is 15.9. The molecule has 0 bridgehead atoms. The molecule has 2 heterocycles. The highest BCUT2D eigenvalue weighted by molar-refractivity contribution is 7.07. The summed E-state index contributed by atoms with van der Waals surface area (Å²) in [5, 5.41) is 0.619. The molecule has 1 aromatic heterocycles. The van der Waals surface area contributed by atoms with E-state index in [0.29, 0.717) is 60.8 Å². The van der Waals surface area contributed by atoms with Gasteiger partial charge in [0.25, 0.3) is 5.56 Å². The average Bonchev–Trinajstić information content (AvgIpc) is 3.40. The normalized spacial score (nSPS) is 14.1. The molecule has 0 saturated heterocycles. The molecule has 1 aliphatic heterocycles. The topological polar surface area (TPSA) is 124 Å². The maximum absolute atomic E-state index is 14.3. The zero-order chi connectivity index (χ0) is 35.1. The quantitative estimate of drug-likeness (QED) is 0.177. The first-order valence-electron chi connectivity index (χ1n) is 15.4. The van der Waals surface area contributed by atoms with Crippen LogP contribution in [0.4, 0.5) is 0 Å². The van der Waals surface area contributed by atoms with Crippen molar-refractivity contribution >= 4 is 41.0 Å². The number of ether oxygens (including phenoxy) is 6. The maximum atomic E-state index is 14.3. The fourth-order valence-electron chi connectivity index (χ4n) is 5.22. The summed E-state index contributed by atoms with van der Waals surface area (Å²) >= 11 is 7.23. The predicted molar refractivity (Wildman–Crippen MR) is 184 cm³/mol. The Morgan fingerprint density at radius 1 is 0.959 bits per heavy atom. The van der Waals surface area contributed by atoms with Crippen LogP contribution in [0.5, 0.6) is 23.0 Å². The molecular weight excluding hydrogens is 672 g/mol. The zero-order valence-electron chi connectivity index (χ0n) is 27.6. The van der Waals surface area contributed by atoms with Gasteiger partial charge in [-0.05, 0) is 68.3 Å². The second-order valence-corrected chi connectivity index (χ2v) is 12.0. The molecule has 49 heavy (non-hydrogen) atoms. The summed E-state index contributed by atoms with van der Waals surface area (Å²) in [5.74, 6) is 0.407. The number of carbonyl (C=O) groups is 2. The Morgan fingerprint density at radius 3 is 2.43 bits per heavy atom. The second-order valence-electron chi connectivity index (χ2n) is 10.6. The predicted octanol–water partition coefficient (Wildman–Crippen LogP) is 4.99. The van der Waals surface area contributed by atoms with Crippen LogP contribution in [0.2, 0.25) is 5.02 Å². The molecule has 13 heteroatoms. The molecule has 0 fully saturated rings. The number of nitrogens with zero attached hydrogens (tertiary/aromatic N) is 2. The van der Waals surface area contributed by atoms with Crippen LogP contribution in [0.15, 0.2) is 81.7 Å². The fourth-order valence-corrected chi connectivity index (χ4v) is 6.39. The van der Waals surface area contributed by atoms with Crippen LogP contribution in [-0.4, -0.2) is 50.5 Å². The van der Waals surface area contributed by atoms with Crippen LogP contribution in [-0.2, 0) is 25.7 Å². The zero-order valence-corrected chi connectivity index (χ0v) is 29.2. The van der Waals surface area contributed by atoms with Gasteiger partial charge in [-0.1, -0.05) is 53.3 Å². The van der Waals surface area contributed by atoms with Crippen molar-refractivity contribution < 1.29 is 38.0 Å². The minimum absolute atomic E-state index is 0.131. The molecule has 0 saturated carbocycles. The maximum Gasteiger partial charge on any atom is 0.343 e. The highest BCUT2D eigenvalue weighted by Crippen LogP contribution is 2.37. The molecule has 0 spiro atoms. The number of methoxy groups -OCH3 is 2. The van der Waals surface area contributed by atoms with Crippen molar-refractivity contribution in [2.24, 2.45) is 4.99 Å². The fraction of sp³-hybridized carbons (Fsp3) is 0.278. The molecule has 11 nitrogen and oxygen atoms in total. The van der Waals surface area contributed by atoms with E-state index < -0.39 is 18.0 Å². The Kier molecular flexibility index (Phi) is 11.4.